The fourth-order valence-electron chi connectivity index (χ4n) is 5.00. The highest BCUT2D eigenvalue weighted by molar-refractivity contribution is 5.66. The molecule has 2 atom stereocenters. The molecule has 2 aliphatic heterocycles. The summed E-state index contributed by atoms with van der Waals surface area (Å²) in [5, 5.41) is 0. The highest BCUT2D eigenvalue weighted by Gasteiger charge is 2.36. The summed E-state index contributed by atoms with van der Waals surface area (Å²) in [5.41, 5.74) is 4.82. The SMILES string of the molecule is COc1ccc(CN2C[C@@H]3C[C@H](C2)c2c(-c4cccnc4)ccc(=O)n2C3)cc1. The summed E-state index contributed by atoms with van der Waals surface area (Å²) < 4.78 is 7.29. The molecule has 4 heterocycles. The van der Waals surface area contributed by atoms with Gasteiger partial charge in [0.15, 0.2) is 0 Å². The van der Waals surface area contributed by atoms with Crippen LogP contribution in [0.3, 0.4) is 0 Å². The van der Waals surface area contributed by atoms with Crippen LogP contribution < -0.4 is 10.3 Å². The van der Waals surface area contributed by atoms with E-state index in [9.17, 15) is 4.79 Å². The van der Waals surface area contributed by atoms with Crippen molar-refractivity contribution >= 4 is 0 Å². The first-order valence-corrected chi connectivity index (χ1v) is 10.2. The van der Waals surface area contributed by atoms with Gasteiger partial charge in [-0.2, -0.15) is 0 Å². The van der Waals surface area contributed by atoms with Crippen LogP contribution in [0, 0.1) is 5.92 Å². The first-order valence-electron chi connectivity index (χ1n) is 10.2. The second-order valence-corrected chi connectivity index (χ2v) is 8.16. The lowest BCUT2D eigenvalue weighted by atomic mass is 9.80. The topological polar surface area (TPSA) is 47.4 Å². The van der Waals surface area contributed by atoms with Gasteiger partial charge in [0.05, 0.1) is 7.11 Å². The van der Waals surface area contributed by atoms with E-state index in [-0.39, 0.29) is 5.56 Å². The Balaban J connectivity index is 1.46. The number of hydrogen-bond acceptors (Lipinski definition) is 4. The largest absolute Gasteiger partial charge is 0.497 e. The molecule has 0 spiro atoms. The van der Waals surface area contributed by atoms with Crippen molar-refractivity contribution in [1.82, 2.24) is 14.5 Å². The van der Waals surface area contributed by atoms with Gasteiger partial charge in [-0.15, -0.1) is 0 Å². The van der Waals surface area contributed by atoms with Gasteiger partial charge in [-0.05, 0) is 42.2 Å². The molecule has 0 saturated carbocycles. The smallest absolute Gasteiger partial charge is 0.250 e. The van der Waals surface area contributed by atoms with Crippen LogP contribution in [0.1, 0.15) is 23.6 Å². The van der Waals surface area contributed by atoms with E-state index in [0.29, 0.717) is 11.8 Å². The molecule has 5 nitrogen and oxygen atoms in total. The highest BCUT2D eigenvalue weighted by atomic mass is 16.5. The quantitative estimate of drug-likeness (QED) is 0.687. The maximum absolute atomic E-state index is 12.6. The van der Waals surface area contributed by atoms with Crippen molar-refractivity contribution in [2.75, 3.05) is 20.2 Å². The normalized spacial score (nSPS) is 20.9. The number of aromatic nitrogens is 2. The molecule has 0 aliphatic carbocycles. The van der Waals surface area contributed by atoms with Crippen molar-refractivity contribution in [2.45, 2.75) is 25.4 Å². The van der Waals surface area contributed by atoms with E-state index in [1.54, 1.807) is 19.4 Å². The Morgan fingerprint density at radius 3 is 2.69 bits per heavy atom. The average Bonchev–Trinajstić information content (AvgIpc) is 2.75. The number of pyridine rings is 2. The minimum absolute atomic E-state index is 0.117. The molecule has 148 valence electrons. The molecule has 0 amide bonds. The van der Waals surface area contributed by atoms with Crippen molar-refractivity contribution in [2.24, 2.45) is 5.92 Å². The van der Waals surface area contributed by atoms with Crippen LogP contribution in [0.25, 0.3) is 11.1 Å². The number of ether oxygens (including phenoxy) is 1. The Kier molecular flexibility index (Phi) is 4.68. The average molecular weight is 387 g/mol. The van der Waals surface area contributed by atoms with E-state index in [0.717, 1.165) is 49.5 Å². The van der Waals surface area contributed by atoms with E-state index in [2.05, 4.69) is 28.1 Å². The molecule has 2 aliphatic rings. The fourth-order valence-corrected chi connectivity index (χ4v) is 5.00. The Hall–Kier alpha value is -2.92. The molecule has 3 aromatic rings. The first-order chi connectivity index (χ1) is 14.2. The van der Waals surface area contributed by atoms with E-state index in [4.69, 9.17) is 4.74 Å². The third-order valence-electron chi connectivity index (χ3n) is 6.20. The lowest BCUT2D eigenvalue weighted by Crippen LogP contribution is -2.47. The lowest BCUT2D eigenvalue weighted by molar-refractivity contribution is 0.115. The molecule has 2 aromatic heterocycles. The zero-order chi connectivity index (χ0) is 19.8. The van der Waals surface area contributed by atoms with Gasteiger partial charge in [0.1, 0.15) is 5.75 Å². The summed E-state index contributed by atoms with van der Waals surface area (Å²) in [6.07, 6.45) is 4.83. The molecule has 0 radical (unpaired) electrons. The highest BCUT2D eigenvalue weighted by Crippen LogP contribution is 2.40. The number of piperidine rings is 1. The molecule has 1 aromatic carbocycles. The minimum Gasteiger partial charge on any atom is -0.497 e. The molecule has 0 N–H and O–H groups in total. The molecule has 5 heteroatoms. The fraction of sp³-hybridized carbons (Fsp3) is 0.333. The summed E-state index contributed by atoms with van der Waals surface area (Å²) in [6, 6.07) is 16.1. The number of fused-ring (bicyclic) bond motifs is 4. The molecule has 0 unspecified atom stereocenters. The maximum Gasteiger partial charge on any atom is 0.250 e. The van der Waals surface area contributed by atoms with E-state index < -0.39 is 0 Å². The molecule has 1 saturated heterocycles. The van der Waals surface area contributed by atoms with Crippen LogP contribution >= 0.6 is 0 Å². The summed E-state index contributed by atoms with van der Waals surface area (Å²) in [6.45, 7) is 3.74. The van der Waals surface area contributed by atoms with Gasteiger partial charge >= 0.3 is 0 Å². The summed E-state index contributed by atoms with van der Waals surface area (Å²) in [4.78, 5) is 19.5. The van der Waals surface area contributed by atoms with Crippen LogP contribution in [-0.4, -0.2) is 34.7 Å². The predicted molar refractivity (Wildman–Crippen MR) is 113 cm³/mol. The number of rotatable bonds is 4. The van der Waals surface area contributed by atoms with E-state index in [1.165, 1.54) is 11.3 Å². The van der Waals surface area contributed by atoms with Gasteiger partial charge in [-0.25, -0.2) is 0 Å². The van der Waals surface area contributed by atoms with E-state index in [1.807, 2.05) is 35.0 Å². The van der Waals surface area contributed by atoms with Gasteiger partial charge in [-0.1, -0.05) is 18.2 Å². The Morgan fingerprint density at radius 1 is 1.07 bits per heavy atom. The van der Waals surface area contributed by atoms with Gasteiger partial charge < -0.3 is 9.30 Å². The zero-order valence-corrected chi connectivity index (χ0v) is 16.6. The van der Waals surface area contributed by atoms with Crippen molar-refractivity contribution < 1.29 is 4.74 Å². The number of nitrogens with zero attached hydrogens (tertiary/aromatic N) is 3. The summed E-state index contributed by atoms with van der Waals surface area (Å²) in [7, 11) is 1.69. The molecule has 29 heavy (non-hydrogen) atoms. The van der Waals surface area contributed by atoms with Crippen molar-refractivity contribution in [3.8, 4) is 16.9 Å². The second-order valence-electron chi connectivity index (χ2n) is 8.16. The van der Waals surface area contributed by atoms with E-state index >= 15 is 0 Å². The summed E-state index contributed by atoms with van der Waals surface area (Å²) in [5.74, 6) is 1.77. The van der Waals surface area contributed by atoms with Crippen molar-refractivity contribution in [1.29, 1.82) is 0 Å². The predicted octanol–water partition coefficient (Wildman–Crippen LogP) is 3.54. The van der Waals surface area contributed by atoms with Crippen molar-refractivity contribution in [3.05, 3.63) is 82.5 Å². The Labute approximate surface area is 170 Å². The Bertz CT molecular complexity index is 1060. The number of hydrogen-bond donors (Lipinski definition) is 0. The third-order valence-corrected chi connectivity index (χ3v) is 6.20. The van der Waals surface area contributed by atoms with Crippen LogP contribution in [0.2, 0.25) is 0 Å². The van der Waals surface area contributed by atoms with Gasteiger partial charge in [0.25, 0.3) is 5.56 Å². The lowest BCUT2D eigenvalue weighted by Gasteiger charge is -2.43. The monoisotopic (exact) mass is 387 g/mol. The number of likely N-dealkylation sites (tertiary alicyclic amines) is 1. The minimum atomic E-state index is 0.117. The second kappa shape index (κ2) is 7.48. The zero-order valence-electron chi connectivity index (χ0n) is 16.6. The first kappa shape index (κ1) is 18.1. The summed E-state index contributed by atoms with van der Waals surface area (Å²) >= 11 is 0. The molecule has 5 rings (SSSR count). The van der Waals surface area contributed by atoms with Crippen LogP contribution in [-0.2, 0) is 13.1 Å². The van der Waals surface area contributed by atoms with Gasteiger partial charge in [0.2, 0.25) is 0 Å². The molecular formula is C24H25N3O2. The Morgan fingerprint density at radius 2 is 1.93 bits per heavy atom. The molecular weight excluding hydrogens is 362 g/mol. The standard InChI is InChI=1S/C24H25N3O2/c1-29-21-6-4-17(5-7-21)13-26-14-18-11-20(16-26)24-22(19-3-2-10-25-12-19)8-9-23(28)27(24)15-18/h2-10,12,18,20H,11,13-16H2,1H3/t18-,20+/m0/s1. The van der Waals surface area contributed by atoms with Crippen LogP contribution in [0.4, 0.5) is 0 Å². The number of benzene rings is 1. The van der Waals surface area contributed by atoms with Crippen LogP contribution in [0.15, 0.2) is 65.7 Å². The van der Waals surface area contributed by atoms with Gasteiger partial charge in [-0.3, -0.25) is 14.7 Å². The maximum atomic E-state index is 12.6. The number of methoxy groups -OCH3 is 1. The van der Waals surface area contributed by atoms with Gasteiger partial charge in [0, 0.05) is 67.4 Å². The molecule has 1 fully saturated rings. The van der Waals surface area contributed by atoms with Crippen LogP contribution in [0.5, 0.6) is 5.75 Å². The third kappa shape index (κ3) is 3.47. The molecule has 2 bridgehead atoms. The van der Waals surface area contributed by atoms with Crippen molar-refractivity contribution in [3.63, 3.8) is 0 Å².